The third-order valence-electron chi connectivity index (χ3n) is 3.10. The summed E-state index contributed by atoms with van der Waals surface area (Å²) in [6.07, 6.45) is 0.609. The molecule has 6 heteroatoms. The first-order valence-electron chi connectivity index (χ1n) is 6.52. The molecule has 4 nitrogen and oxygen atoms in total. The fourth-order valence-electron chi connectivity index (χ4n) is 2.07. The van der Waals surface area contributed by atoms with E-state index in [1.807, 2.05) is 13.8 Å². The Kier molecular flexibility index (Phi) is 4.44. The highest BCUT2D eigenvalue weighted by molar-refractivity contribution is 5.22. The Bertz CT molecular complexity index is 586. The summed E-state index contributed by atoms with van der Waals surface area (Å²) < 4.78 is 32.4. The summed E-state index contributed by atoms with van der Waals surface area (Å²) >= 11 is 0. The van der Waals surface area contributed by atoms with Crippen LogP contribution in [0.3, 0.4) is 0 Å². The number of aryl methyl sites for hydroxylation is 1. The first kappa shape index (κ1) is 14.6. The molecule has 0 aliphatic rings. The lowest BCUT2D eigenvalue weighted by Gasteiger charge is -2.21. The van der Waals surface area contributed by atoms with Gasteiger partial charge in [-0.15, -0.1) is 10.2 Å². The molecule has 20 heavy (non-hydrogen) atoms. The van der Waals surface area contributed by atoms with Crippen LogP contribution < -0.4 is 5.32 Å². The molecule has 0 aliphatic carbocycles. The summed E-state index contributed by atoms with van der Waals surface area (Å²) in [5.74, 6) is 0.0130. The van der Waals surface area contributed by atoms with Crippen LogP contribution in [0.2, 0.25) is 0 Å². The highest BCUT2D eigenvalue weighted by Crippen LogP contribution is 2.24. The summed E-state index contributed by atoms with van der Waals surface area (Å²) in [5.41, 5.74) is 0.301. The van der Waals surface area contributed by atoms with E-state index in [2.05, 4.69) is 15.5 Å². The van der Waals surface area contributed by atoms with Crippen LogP contribution in [-0.4, -0.2) is 10.2 Å². The second-order valence-electron chi connectivity index (χ2n) is 4.67. The highest BCUT2D eigenvalue weighted by Gasteiger charge is 2.20. The van der Waals surface area contributed by atoms with Gasteiger partial charge in [0.05, 0.1) is 6.04 Å². The first-order chi connectivity index (χ1) is 9.51. The monoisotopic (exact) mass is 281 g/mol. The maximum atomic E-state index is 13.8. The van der Waals surface area contributed by atoms with Crippen molar-refractivity contribution in [2.24, 2.45) is 0 Å². The van der Waals surface area contributed by atoms with Gasteiger partial charge in [0.15, 0.2) is 0 Å². The third kappa shape index (κ3) is 3.19. The first-order valence-corrected chi connectivity index (χ1v) is 6.52. The summed E-state index contributed by atoms with van der Waals surface area (Å²) in [4.78, 5) is 0. The lowest BCUT2D eigenvalue weighted by atomic mass is 10.0. The van der Waals surface area contributed by atoms with Crippen LogP contribution in [0.15, 0.2) is 22.6 Å². The lowest BCUT2D eigenvalue weighted by Crippen LogP contribution is -2.25. The van der Waals surface area contributed by atoms with Crippen LogP contribution in [0, 0.1) is 18.6 Å². The topological polar surface area (TPSA) is 51.0 Å². The van der Waals surface area contributed by atoms with Crippen molar-refractivity contribution in [2.45, 2.75) is 39.3 Å². The fourth-order valence-corrected chi connectivity index (χ4v) is 2.07. The van der Waals surface area contributed by atoms with Gasteiger partial charge in [0.25, 0.3) is 0 Å². The molecule has 1 N–H and O–H groups in total. The van der Waals surface area contributed by atoms with Crippen molar-refractivity contribution in [3.8, 4) is 0 Å². The Morgan fingerprint density at radius 1 is 1.30 bits per heavy atom. The third-order valence-corrected chi connectivity index (χ3v) is 3.10. The zero-order chi connectivity index (χ0) is 14.7. The summed E-state index contributed by atoms with van der Waals surface area (Å²) in [6.45, 7) is 5.44. The molecule has 0 saturated carbocycles. The summed E-state index contributed by atoms with van der Waals surface area (Å²) in [7, 11) is 0. The lowest BCUT2D eigenvalue weighted by molar-refractivity contribution is 0.362. The SMILES string of the molecule is CC[C@H](N[C@@H](C)c1nnc(C)o1)c1cc(F)ccc1F. The van der Waals surface area contributed by atoms with E-state index in [0.717, 1.165) is 12.1 Å². The van der Waals surface area contributed by atoms with Gasteiger partial charge in [-0.1, -0.05) is 6.92 Å². The van der Waals surface area contributed by atoms with E-state index in [0.29, 0.717) is 23.8 Å². The van der Waals surface area contributed by atoms with Gasteiger partial charge in [-0.2, -0.15) is 0 Å². The summed E-state index contributed by atoms with van der Waals surface area (Å²) in [6, 6.07) is 2.88. The molecule has 1 aromatic carbocycles. The van der Waals surface area contributed by atoms with Gasteiger partial charge < -0.3 is 4.42 Å². The Morgan fingerprint density at radius 2 is 2.05 bits per heavy atom. The zero-order valence-electron chi connectivity index (χ0n) is 11.7. The second kappa shape index (κ2) is 6.09. The molecule has 0 bridgehead atoms. The van der Waals surface area contributed by atoms with Crippen molar-refractivity contribution < 1.29 is 13.2 Å². The molecule has 0 unspecified atom stereocenters. The highest BCUT2D eigenvalue weighted by atomic mass is 19.1. The number of benzene rings is 1. The van der Waals surface area contributed by atoms with Crippen molar-refractivity contribution in [3.63, 3.8) is 0 Å². The molecule has 0 aliphatic heterocycles. The van der Waals surface area contributed by atoms with Gasteiger partial charge in [0, 0.05) is 18.5 Å². The van der Waals surface area contributed by atoms with Crippen LogP contribution in [0.1, 0.15) is 49.7 Å². The van der Waals surface area contributed by atoms with Crippen molar-refractivity contribution in [1.82, 2.24) is 15.5 Å². The molecule has 2 atom stereocenters. The molecule has 0 spiro atoms. The molecule has 1 heterocycles. The van der Waals surface area contributed by atoms with E-state index in [9.17, 15) is 8.78 Å². The molecule has 0 fully saturated rings. The number of nitrogens with zero attached hydrogens (tertiary/aromatic N) is 2. The van der Waals surface area contributed by atoms with Gasteiger partial charge in [-0.25, -0.2) is 8.78 Å². The predicted octanol–water partition coefficient (Wildman–Crippen LogP) is 3.46. The maximum Gasteiger partial charge on any atom is 0.233 e. The molecule has 1 aromatic heterocycles. The van der Waals surface area contributed by atoms with Crippen LogP contribution >= 0.6 is 0 Å². The van der Waals surface area contributed by atoms with Crippen LogP contribution in [0.5, 0.6) is 0 Å². The molecular weight excluding hydrogens is 264 g/mol. The molecule has 0 amide bonds. The van der Waals surface area contributed by atoms with Crippen molar-refractivity contribution in [1.29, 1.82) is 0 Å². The quantitative estimate of drug-likeness (QED) is 0.912. The Morgan fingerprint density at radius 3 is 2.65 bits per heavy atom. The normalized spacial score (nSPS) is 14.2. The Hall–Kier alpha value is -1.82. The van der Waals surface area contributed by atoms with E-state index < -0.39 is 11.6 Å². The minimum absolute atomic E-state index is 0.246. The van der Waals surface area contributed by atoms with Crippen LogP contribution in [0.25, 0.3) is 0 Å². The predicted molar refractivity (Wildman–Crippen MR) is 70.0 cm³/mol. The minimum Gasteiger partial charge on any atom is -0.424 e. The zero-order valence-corrected chi connectivity index (χ0v) is 11.7. The molecule has 0 saturated heterocycles. The standard InChI is InChI=1S/C14H17F2N3O/c1-4-13(11-7-10(15)5-6-12(11)16)17-8(2)14-19-18-9(3)20-14/h5-8,13,17H,4H2,1-3H3/t8-,13-/m0/s1. The van der Waals surface area contributed by atoms with Gasteiger partial charge in [0.2, 0.25) is 11.8 Å². The van der Waals surface area contributed by atoms with E-state index in [1.165, 1.54) is 6.07 Å². The van der Waals surface area contributed by atoms with E-state index in [1.54, 1.807) is 6.92 Å². The summed E-state index contributed by atoms with van der Waals surface area (Å²) in [5, 5.41) is 10.9. The van der Waals surface area contributed by atoms with Crippen molar-refractivity contribution in [3.05, 3.63) is 47.2 Å². The molecule has 0 radical (unpaired) electrons. The molecule has 2 aromatic rings. The van der Waals surface area contributed by atoms with E-state index in [-0.39, 0.29) is 12.1 Å². The maximum absolute atomic E-state index is 13.8. The van der Waals surface area contributed by atoms with Gasteiger partial charge >= 0.3 is 0 Å². The number of hydrogen-bond acceptors (Lipinski definition) is 4. The van der Waals surface area contributed by atoms with Crippen molar-refractivity contribution >= 4 is 0 Å². The molecule has 2 rings (SSSR count). The minimum atomic E-state index is -0.456. The number of rotatable bonds is 5. The number of aromatic nitrogens is 2. The van der Waals surface area contributed by atoms with Gasteiger partial charge in [0.1, 0.15) is 11.6 Å². The number of hydrogen-bond donors (Lipinski definition) is 1. The smallest absolute Gasteiger partial charge is 0.233 e. The number of halogens is 2. The fraction of sp³-hybridized carbons (Fsp3) is 0.429. The molecular formula is C14H17F2N3O. The second-order valence-corrected chi connectivity index (χ2v) is 4.67. The van der Waals surface area contributed by atoms with Crippen LogP contribution in [-0.2, 0) is 0 Å². The molecule has 108 valence electrons. The van der Waals surface area contributed by atoms with Gasteiger partial charge in [-0.3, -0.25) is 5.32 Å². The largest absolute Gasteiger partial charge is 0.424 e. The van der Waals surface area contributed by atoms with E-state index in [4.69, 9.17) is 4.42 Å². The van der Waals surface area contributed by atoms with Crippen LogP contribution in [0.4, 0.5) is 8.78 Å². The average molecular weight is 281 g/mol. The van der Waals surface area contributed by atoms with Crippen molar-refractivity contribution in [2.75, 3.05) is 0 Å². The van der Waals surface area contributed by atoms with E-state index >= 15 is 0 Å². The number of nitrogens with one attached hydrogen (secondary N) is 1. The Labute approximate surface area is 116 Å². The Balaban J connectivity index is 2.18. The average Bonchev–Trinajstić information content (AvgIpc) is 2.85. The van der Waals surface area contributed by atoms with Gasteiger partial charge in [-0.05, 0) is 31.5 Å².